The van der Waals surface area contributed by atoms with Crippen LogP contribution in [0.15, 0.2) is 0 Å². The van der Waals surface area contributed by atoms with Gasteiger partial charge in [0.1, 0.15) is 11.2 Å². The Balaban J connectivity index is 2.91. The predicted octanol–water partition coefficient (Wildman–Crippen LogP) is 1.64. The summed E-state index contributed by atoms with van der Waals surface area (Å²) in [5.74, 6) is -1.80. The third kappa shape index (κ3) is 8.70. The Morgan fingerprint density at radius 3 is 1.96 bits per heavy atom. The molecule has 1 saturated heterocycles. The van der Waals surface area contributed by atoms with Crippen LogP contribution in [-0.4, -0.2) is 67.3 Å². The SMILES string of the molecule is CC(C)(C)OC(=O)C(=O)C[C@@H]1C[C@@H](OS(C)(=O)=O)CN1C(=O)OC(C)(C)C. The van der Waals surface area contributed by atoms with E-state index < -0.39 is 51.3 Å². The van der Waals surface area contributed by atoms with Gasteiger partial charge in [0.05, 0.1) is 18.9 Å². The molecule has 0 radical (unpaired) electrons. The Labute approximate surface area is 160 Å². The number of hydrogen-bond acceptors (Lipinski definition) is 8. The van der Waals surface area contributed by atoms with Gasteiger partial charge in [-0.3, -0.25) is 8.98 Å². The topological polar surface area (TPSA) is 116 Å². The highest BCUT2D eigenvalue weighted by atomic mass is 32.2. The molecule has 0 spiro atoms. The van der Waals surface area contributed by atoms with E-state index in [4.69, 9.17) is 13.7 Å². The Morgan fingerprint density at radius 1 is 1.00 bits per heavy atom. The first-order valence-corrected chi connectivity index (χ1v) is 10.4. The molecule has 0 aliphatic carbocycles. The molecule has 0 aromatic carbocycles. The third-order valence-corrected chi connectivity index (χ3v) is 3.98. The average molecular weight is 407 g/mol. The molecule has 1 heterocycles. The number of amides is 1. The van der Waals surface area contributed by atoms with Crippen molar-refractivity contribution in [3.05, 3.63) is 0 Å². The molecule has 1 rings (SSSR count). The summed E-state index contributed by atoms with van der Waals surface area (Å²) in [5.41, 5.74) is -1.60. The second kappa shape index (κ2) is 8.14. The number of esters is 1. The van der Waals surface area contributed by atoms with Gasteiger partial charge in [-0.2, -0.15) is 8.42 Å². The summed E-state index contributed by atoms with van der Waals surface area (Å²) >= 11 is 0. The highest BCUT2D eigenvalue weighted by molar-refractivity contribution is 7.86. The number of carbonyl (C=O) groups is 3. The van der Waals surface area contributed by atoms with Gasteiger partial charge >= 0.3 is 12.1 Å². The average Bonchev–Trinajstić information content (AvgIpc) is 2.74. The Bertz CT molecular complexity index is 687. The highest BCUT2D eigenvalue weighted by Crippen LogP contribution is 2.26. The molecule has 0 N–H and O–H groups in total. The minimum Gasteiger partial charge on any atom is -0.454 e. The van der Waals surface area contributed by atoms with E-state index >= 15 is 0 Å². The zero-order chi connectivity index (χ0) is 21.2. The summed E-state index contributed by atoms with van der Waals surface area (Å²) in [6.45, 7) is 9.91. The summed E-state index contributed by atoms with van der Waals surface area (Å²) in [6, 6.07) is -0.730. The second-order valence-corrected chi connectivity index (χ2v) is 10.2. The fourth-order valence-electron chi connectivity index (χ4n) is 2.56. The molecule has 0 bridgehead atoms. The molecular formula is C17H29NO8S. The van der Waals surface area contributed by atoms with Crippen molar-refractivity contribution in [2.24, 2.45) is 0 Å². The van der Waals surface area contributed by atoms with Crippen LogP contribution in [0.1, 0.15) is 54.4 Å². The molecule has 1 fully saturated rings. The first-order valence-electron chi connectivity index (χ1n) is 8.61. The van der Waals surface area contributed by atoms with E-state index in [0.717, 1.165) is 6.26 Å². The summed E-state index contributed by atoms with van der Waals surface area (Å²) in [6.07, 6.45) is -0.837. The van der Waals surface area contributed by atoms with Crippen molar-refractivity contribution in [1.82, 2.24) is 4.90 Å². The van der Waals surface area contributed by atoms with E-state index in [1.54, 1.807) is 41.5 Å². The first kappa shape index (κ1) is 23.4. The number of carbonyl (C=O) groups excluding carboxylic acids is 3. The fraction of sp³-hybridized carbons (Fsp3) is 0.824. The van der Waals surface area contributed by atoms with Gasteiger partial charge < -0.3 is 14.4 Å². The van der Waals surface area contributed by atoms with E-state index in [1.807, 2.05) is 0 Å². The normalized spacial score (nSPS) is 21.1. The smallest absolute Gasteiger partial charge is 0.410 e. The largest absolute Gasteiger partial charge is 0.454 e. The van der Waals surface area contributed by atoms with Crippen LogP contribution in [0.3, 0.4) is 0 Å². The van der Waals surface area contributed by atoms with Gasteiger partial charge in [0, 0.05) is 12.5 Å². The molecule has 156 valence electrons. The lowest BCUT2D eigenvalue weighted by Gasteiger charge is -2.28. The zero-order valence-corrected chi connectivity index (χ0v) is 17.7. The quantitative estimate of drug-likeness (QED) is 0.384. The van der Waals surface area contributed by atoms with Gasteiger partial charge in [0.15, 0.2) is 0 Å². The number of hydrogen-bond donors (Lipinski definition) is 0. The maximum absolute atomic E-state index is 12.4. The summed E-state index contributed by atoms with van der Waals surface area (Å²) in [4.78, 5) is 37.8. The molecule has 0 aromatic rings. The van der Waals surface area contributed by atoms with Crippen LogP contribution in [0.25, 0.3) is 0 Å². The van der Waals surface area contributed by atoms with Crippen LogP contribution in [0.4, 0.5) is 4.79 Å². The van der Waals surface area contributed by atoms with Gasteiger partial charge in [0.25, 0.3) is 10.1 Å². The summed E-state index contributed by atoms with van der Waals surface area (Å²) in [7, 11) is -3.74. The Hall–Kier alpha value is -1.68. The van der Waals surface area contributed by atoms with Gasteiger partial charge in [-0.1, -0.05) is 0 Å². The van der Waals surface area contributed by atoms with Crippen molar-refractivity contribution >= 4 is 28.0 Å². The van der Waals surface area contributed by atoms with Gasteiger partial charge in [-0.05, 0) is 48.0 Å². The van der Waals surface area contributed by atoms with Crippen molar-refractivity contribution < 1.29 is 36.5 Å². The lowest BCUT2D eigenvalue weighted by molar-refractivity contribution is -0.162. The number of Topliss-reactive ketones (excluding diaryl/α,β-unsaturated/α-hetero) is 1. The predicted molar refractivity (Wildman–Crippen MR) is 96.5 cm³/mol. The molecule has 0 saturated carbocycles. The van der Waals surface area contributed by atoms with E-state index in [9.17, 15) is 22.8 Å². The Morgan fingerprint density at radius 2 is 1.52 bits per heavy atom. The van der Waals surface area contributed by atoms with Crippen LogP contribution < -0.4 is 0 Å². The number of rotatable bonds is 5. The summed E-state index contributed by atoms with van der Waals surface area (Å²) < 4.78 is 38.1. The summed E-state index contributed by atoms with van der Waals surface area (Å²) in [5, 5.41) is 0. The van der Waals surface area contributed by atoms with Gasteiger partial charge in [-0.15, -0.1) is 0 Å². The van der Waals surface area contributed by atoms with Gasteiger partial charge in [0.2, 0.25) is 5.78 Å². The van der Waals surface area contributed by atoms with Crippen LogP contribution in [0.5, 0.6) is 0 Å². The molecule has 2 atom stereocenters. The van der Waals surface area contributed by atoms with Crippen molar-refractivity contribution in [3.8, 4) is 0 Å². The van der Waals surface area contributed by atoms with Gasteiger partial charge in [-0.25, -0.2) is 9.59 Å². The first-order chi connectivity index (χ1) is 12.0. The van der Waals surface area contributed by atoms with Crippen molar-refractivity contribution in [1.29, 1.82) is 0 Å². The van der Waals surface area contributed by atoms with E-state index in [0.29, 0.717) is 0 Å². The molecule has 1 amide bonds. The molecular weight excluding hydrogens is 378 g/mol. The molecule has 0 aromatic heterocycles. The van der Waals surface area contributed by atoms with Crippen LogP contribution in [-0.2, 0) is 33.4 Å². The van der Waals surface area contributed by atoms with Crippen molar-refractivity contribution in [2.75, 3.05) is 12.8 Å². The second-order valence-electron chi connectivity index (χ2n) is 8.57. The number of ketones is 1. The maximum atomic E-state index is 12.4. The highest BCUT2D eigenvalue weighted by Gasteiger charge is 2.41. The minimum atomic E-state index is -3.74. The van der Waals surface area contributed by atoms with Crippen LogP contribution >= 0.6 is 0 Å². The zero-order valence-electron chi connectivity index (χ0n) is 16.9. The van der Waals surface area contributed by atoms with E-state index in [2.05, 4.69) is 0 Å². The van der Waals surface area contributed by atoms with Crippen LogP contribution in [0, 0.1) is 0 Å². The van der Waals surface area contributed by atoms with Crippen molar-refractivity contribution in [3.63, 3.8) is 0 Å². The van der Waals surface area contributed by atoms with E-state index in [1.165, 1.54) is 4.90 Å². The lowest BCUT2D eigenvalue weighted by atomic mass is 10.1. The third-order valence-electron chi connectivity index (χ3n) is 3.36. The standard InChI is InChI=1S/C17H29NO8S/c1-16(2,3)24-14(20)13(19)9-11-8-12(26-27(7,22)23)10-18(11)15(21)25-17(4,5)6/h11-12H,8-10H2,1-7H3/t11-,12+/m0/s1. The lowest BCUT2D eigenvalue weighted by Crippen LogP contribution is -2.42. The molecule has 1 aliphatic heterocycles. The molecule has 0 unspecified atom stereocenters. The van der Waals surface area contributed by atoms with E-state index in [-0.39, 0.29) is 19.4 Å². The molecule has 27 heavy (non-hydrogen) atoms. The molecule has 9 nitrogen and oxygen atoms in total. The number of nitrogens with zero attached hydrogens (tertiary/aromatic N) is 1. The van der Waals surface area contributed by atoms with Crippen molar-refractivity contribution in [2.45, 2.75) is 77.7 Å². The monoisotopic (exact) mass is 407 g/mol. The molecule has 1 aliphatic rings. The number of likely N-dealkylation sites (tertiary alicyclic amines) is 1. The molecule has 10 heteroatoms. The van der Waals surface area contributed by atoms with Crippen LogP contribution in [0.2, 0.25) is 0 Å². The maximum Gasteiger partial charge on any atom is 0.410 e. The Kier molecular flexibility index (Phi) is 7.04. The minimum absolute atomic E-state index is 0.0613. The fourth-order valence-corrected chi connectivity index (χ4v) is 3.19. The number of ether oxygens (including phenoxy) is 2.